The third kappa shape index (κ3) is 2.18. The lowest BCUT2D eigenvalue weighted by molar-refractivity contribution is 0.799. The van der Waals surface area contributed by atoms with E-state index in [9.17, 15) is 4.79 Å². The van der Waals surface area contributed by atoms with E-state index < -0.39 is 0 Å². The summed E-state index contributed by atoms with van der Waals surface area (Å²) in [6, 6.07) is 6.25. The van der Waals surface area contributed by atoms with Crippen molar-refractivity contribution in [3.05, 3.63) is 45.2 Å². The number of aryl methyl sites for hydroxylation is 4. The summed E-state index contributed by atoms with van der Waals surface area (Å²) in [6.45, 7) is 4.76. The summed E-state index contributed by atoms with van der Waals surface area (Å²) < 4.78 is 1.75. The van der Waals surface area contributed by atoms with Crippen molar-refractivity contribution in [3.8, 4) is 0 Å². The number of aromatic nitrogens is 1. The molecule has 0 unspecified atom stereocenters. The molecule has 2 N–H and O–H groups in total. The van der Waals surface area contributed by atoms with E-state index in [0.717, 1.165) is 29.3 Å². The Morgan fingerprint density at radius 1 is 1.22 bits per heavy atom. The van der Waals surface area contributed by atoms with Crippen LogP contribution in [0.5, 0.6) is 0 Å². The lowest BCUT2D eigenvalue weighted by atomic mass is 10.0. The number of benzene rings is 1. The first-order valence-corrected chi connectivity index (χ1v) is 6.34. The summed E-state index contributed by atoms with van der Waals surface area (Å²) >= 11 is 0. The molecule has 1 heterocycles. The van der Waals surface area contributed by atoms with Crippen LogP contribution in [0.15, 0.2) is 23.0 Å². The summed E-state index contributed by atoms with van der Waals surface area (Å²) in [5.41, 5.74) is 9.89. The smallest absolute Gasteiger partial charge is 0.253 e. The first-order chi connectivity index (χ1) is 8.54. The molecule has 2 rings (SSSR count). The van der Waals surface area contributed by atoms with Gasteiger partial charge in [0.1, 0.15) is 0 Å². The molecule has 0 aliphatic rings. The molecule has 18 heavy (non-hydrogen) atoms. The van der Waals surface area contributed by atoms with E-state index in [1.54, 1.807) is 4.57 Å². The molecule has 2 aromatic rings. The van der Waals surface area contributed by atoms with Crippen LogP contribution in [0.25, 0.3) is 10.9 Å². The third-order valence-electron chi connectivity index (χ3n) is 3.42. The average molecular weight is 244 g/mol. The third-order valence-corrected chi connectivity index (χ3v) is 3.42. The Morgan fingerprint density at radius 3 is 2.61 bits per heavy atom. The molecule has 0 amide bonds. The van der Waals surface area contributed by atoms with Gasteiger partial charge in [-0.15, -0.1) is 0 Å². The minimum Gasteiger partial charge on any atom is -0.330 e. The van der Waals surface area contributed by atoms with Crippen molar-refractivity contribution >= 4 is 10.9 Å². The molecule has 0 saturated heterocycles. The number of nitrogens with zero attached hydrogens (tertiary/aromatic N) is 1. The van der Waals surface area contributed by atoms with E-state index in [1.165, 1.54) is 11.1 Å². The van der Waals surface area contributed by atoms with Crippen molar-refractivity contribution in [3.63, 3.8) is 0 Å². The molecule has 0 spiro atoms. The van der Waals surface area contributed by atoms with E-state index in [1.807, 2.05) is 13.1 Å². The average Bonchev–Trinajstić information content (AvgIpc) is 2.33. The van der Waals surface area contributed by atoms with Crippen LogP contribution in [-0.4, -0.2) is 11.1 Å². The number of rotatable bonds is 3. The molecule has 96 valence electrons. The summed E-state index contributed by atoms with van der Waals surface area (Å²) in [7, 11) is 1.84. The molecule has 1 aromatic carbocycles. The summed E-state index contributed by atoms with van der Waals surface area (Å²) in [6.07, 6.45) is 1.61. The molecule has 0 atom stereocenters. The van der Waals surface area contributed by atoms with Crippen molar-refractivity contribution in [2.75, 3.05) is 6.54 Å². The second-order valence-corrected chi connectivity index (χ2v) is 4.94. The molecule has 3 heteroatoms. The van der Waals surface area contributed by atoms with Gasteiger partial charge in [-0.1, -0.05) is 6.07 Å². The zero-order valence-corrected chi connectivity index (χ0v) is 11.3. The quantitative estimate of drug-likeness (QED) is 0.898. The Bertz CT molecular complexity index is 641. The summed E-state index contributed by atoms with van der Waals surface area (Å²) in [4.78, 5) is 12.2. The minimum absolute atomic E-state index is 0.0981. The van der Waals surface area contributed by atoms with Crippen molar-refractivity contribution in [2.24, 2.45) is 12.8 Å². The lowest BCUT2D eigenvalue weighted by Crippen LogP contribution is -2.22. The Hall–Kier alpha value is -1.61. The largest absolute Gasteiger partial charge is 0.330 e. The van der Waals surface area contributed by atoms with E-state index in [2.05, 4.69) is 26.0 Å². The van der Waals surface area contributed by atoms with Crippen LogP contribution in [0, 0.1) is 13.8 Å². The number of hydrogen-bond donors (Lipinski definition) is 1. The predicted molar refractivity (Wildman–Crippen MR) is 76.0 cm³/mol. The highest BCUT2D eigenvalue weighted by Crippen LogP contribution is 2.20. The first-order valence-electron chi connectivity index (χ1n) is 6.34. The van der Waals surface area contributed by atoms with Crippen LogP contribution in [0.2, 0.25) is 0 Å². The SMILES string of the molecule is Cc1cc(C)c2cc(CCCN)c(=O)n(C)c2c1. The molecule has 0 bridgehead atoms. The Kier molecular flexibility index (Phi) is 3.53. The zero-order valence-electron chi connectivity index (χ0n) is 11.3. The molecule has 0 aliphatic heterocycles. The van der Waals surface area contributed by atoms with Crippen LogP contribution in [0.4, 0.5) is 0 Å². The van der Waals surface area contributed by atoms with Gasteiger partial charge < -0.3 is 10.3 Å². The first kappa shape index (κ1) is 12.8. The van der Waals surface area contributed by atoms with Crippen molar-refractivity contribution in [1.29, 1.82) is 0 Å². The molecular weight excluding hydrogens is 224 g/mol. The molecule has 3 nitrogen and oxygen atoms in total. The van der Waals surface area contributed by atoms with Gasteiger partial charge in [-0.25, -0.2) is 0 Å². The molecule has 0 saturated carbocycles. The van der Waals surface area contributed by atoms with Gasteiger partial charge in [0.15, 0.2) is 0 Å². The van der Waals surface area contributed by atoms with Crippen LogP contribution in [0.1, 0.15) is 23.1 Å². The van der Waals surface area contributed by atoms with Crippen LogP contribution < -0.4 is 11.3 Å². The molecule has 0 aliphatic carbocycles. The van der Waals surface area contributed by atoms with Crippen molar-refractivity contribution in [2.45, 2.75) is 26.7 Å². The van der Waals surface area contributed by atoms with Gasteiger partial charge in [0.2, 0.25) is 0 Å². The standard InChI is InChI=1S/C15H20N2O/c1-10-7-11(2)13-9-12(5-4-6-16)15(18)17(3)14(13)8-10/h7-9H,4-6,16H2,1-3H3. The van der Waals surface area contributed by atoms with Crippen LogP contribution in [0.3, 0.4) is 0 Å². The highest BCUT2D eigenvalue weighted by Gasteiger charge is 2.08. The molecule has 1 aromatic heterocycles. The zero-order chi connectivity index (χ0) is 13.3. The normalized spacial score (nSPS) is 11.1. The van der Waals surface area contributed by atoms with Gasteiger partial charge in [-0.05, 0) is 56.5 Å². The molecule has 0 radical (unpaired) electrons. The predicted octanol–water partition coefficient (Wildman–Crippen LogP) is 2.05. The van der Waals surface area contributed by atoms with Gasteiger partial charge in [-0.2, -0.15) is 0 Å². The second kappa shape index (κ2) is 4.94. The topological polar surface area (TPSA) is 48.0 Å². The summed E-state index contributed by atoms with van der Waals surface area (Å²) in [5, 5.41) is 1.16. The van der Waals surface area contributed by atoms with Gasteiger partial charge in [0.25, 0.3) is 5.56 Å². The van der Waals surface area contributed by atoms with Gasteiger partial charge in [0.05, 0.1) is 5.52 Å². The van der Waals surface area contributed by atoms with Crippen molar-refractivity contribution in [1.82, 2.24) is 4.57 Å². The van der Waals surface area contributed by atoms with E-state index in [-0.39, 0.29) is 5.56 Å². The van der Waals surface area contributed by atoms with Gasteiger partial charge in [0, 0.05) is 18.0 Å². The highest BCUT2D eigenvalue weighted by molar-refractivity contribution is 5.83. The highest BCUT2D eigenvalue weighted by atomic mass is 16.1. The van der Waals surface area contributed by atoms with Gasteiger partial charge >= 0.3 is 0 Å². The monoisotopic (exact) mass is 244 g/mol. The Labute approximate surface area is 107 Å². The van der Waals surface area contributed by atoms with Gasteiger partial charge in [-0.3, -0.25) is 4.79 Å². The fourth-order valence-corrected chi connectivity index (χ4v) is 2.45. The minimum atomic E-state index is 0.0981. The van der Waals surface area contributed by atoms with E-state index in [4.69, 9.17) is 5.73 Å². The molecular formula is C15H20N2O. The Morgan fingerprint density at radius 2 is 1.94 bits per heavy atom. The summed E-state index contributed by atoms with van der Waals surface area (Å²) in [5.74, 6) is 0. The maximum atomic E-state index is 12.2. The van der Waals surface area contributed by atoms with E-state index in [0.29, 0.717) is 6.54 Å². The molecule has 0 fully saturated rings. The maximum Gasteiger partial charge on any atom is 0.253 e. The van der Waals surface area contributed by atoms with Crippen LogP contribution >= 0.6 is 0 Å². The number of nitrogens with two attached hydrogens (primary N) is 1. The fraction of sp³-hybridized carbons (Fsp3) is 0.400. The van der Waals surface area contributed by atoms with E-state index >= 15 is 0 Å². The second-order valence-electron chi connectivity index (χ2n) is 4.94. The van der Waals surface area contributed by atoms with Crippen molar-refractivity contribution < 1.29 is 0 Å². The fourth-order valence-electron chi connectivity index (χ4n) is 2.45. The maximum absolute atomic E-state index is 12.2. The van der Waals surface area contributed by atoms with Crippen LogP contribution in [-0.2, 0) is 13.5 Å². The lowest BCUT2D eigenvalue weighted by Gasteiger charge is -2.11. The number of fused-ring (bicyclic) bond motifs is 1. The Balaban J connectivity index is 2.71. The number of pyridine rings is 1. The number of hydrogen-bond acceptors (Lipinski definition) is 2.